The number of hydrogen-bond donors (Lipinski definition) is 3. The third kappa shape index (κ3) is 4.09. The Hall–Kier alpha value is -1.79. The van der Waals surface area contributed by atoms with Crippen molar-refractivity contribution in [3.63, 3.8) is 0 Å². The summed E-state index contributed by atoms with van der Waals surface area (Å²) in [5.74, 6) is -1.10. The quantitative estimate of drug-likeness (QED) is 0.777. The van der Waals surface area contributed by atoms with Gasteiger partial charge in [-0.25, -0.2) is 9.59 Å². The Kier molecular flexibility index (Phi) is 5.03. The van der Waals surface area contributed by atoms with Gasteiger partial charge in [-0.05, 0) is 24.1 Å². The van der Waals surface area contributed by atoms with Crippen molar-refractivity contribution in [1.82, 2.24) is 10.2 Å². The van der Waals surface area contributed by atoms with Crippen LogP contribution in [0.4, 0.5) is 4.79 Å². The van der Waals surface area contributed by atoms with E-state index in [1.807, 2.05) is 12.1 Å². The van der Waals surface area contributed by atoms with E-state index in [-0.39, 0.29) is 13.0 Å². The standard InChI is InChI=1S/C14H17ClN2O4/c15-10-3-1-9(2-4-10)5-6-16-14(21)17-8-11(18)7-12(17)13(19)20/h1-4,11-12,18H,5-8H2,(H,16,21)(H,19,20)/t11-,12+/m1/s1. The molecule has 0 spiro atoms. The molecule has 1 aromatic rings. The summed E-state index contributed by atoms with van der Waals surface area (Å²) in [6.07, 6.45) is -0.0927. The first-order valence-electron chi connectivity index (χ1n) is 6.67. The number of nitrogens with zero attached hydrogens (tertiary/aromatic N) is 1. The Morgan fingerprint density at radius 1 is 1.33 bits per heavy atom. The van der Waals surface area contributed by atoms with Crippen LogP contribution < -0.4 is 5.32 Å². The van der Waals surface area contributed by atoms with Crippen molar-refractivity contribution in [2.75, 3.05) is 13.1 Å². The Morgan fingerprint density at radius 2 is 2.00 bits per heavy atom. The van der Waals surface area contributed by atoms with E-state index in [1.54, 1.807) is 12.1 Å². The van der Waals surface area contributed by atoms with Crippen molar-refractivity contribution >= 4 is 23.6 Å². The molecular weight excluding hydrogens is 296 g/mol. The first-order valence-corrected chi connectivity index (χ1v) is 7.05. The monoisotopic (exact) mass is 312 g/mol. The lowest BCUT2D eigenvalue weighted by Gasteiger charge is -2.21. The molecule has 7 heteroatoms. The van der Waals surface area contributed by atoms with E-state index in [4.69, 9.17) is 16.7 Å². The fraction of sp³-hybridized carbons (Fsp3) is 0.429. The smallest absolute Gasteiger partial charge is 0.326 e. The van der Waals surface area contributed by atoms with E-state index in [0.717, 1.165) is 10.5 Å². The molecule has 0 aromatic heterocycles. The highest BCUT2D eigenvalue weighted by Crippen LogP contribution is 2.18. The number of carbonyl (C=O) groups is 2. The number of carbonyl (C=O) groups excluding carboxylic acids is 1. The van der Waals surface area contributed by atoms with Crippen molar-refractivity contribution in [3.05, 3.63) is 34.9 Å². The average molecular weight is 313 g/mol. The van der Waals surface area contributed by atoms with Gasteiger partial charge in [0.05, 0.1) is 6.10 Å². The summed E-state index contributed by atoms with van der Waals surface area (Å²) in [6, 6.07) is 5.86. The Morgan fingerprint density at radius 3 is 2.62 bits per heavy atom. The van der Waals surface area contributed by atoms with Crippen LogP contribution in [-0.2, 0) is 11.2 Å². The van der Waals surface area contributed by atoms with Crippen LogP contribution in [0.25, 0.3) is 0 Å². The van der Waals surface area contributed by atoms with Crippen molar-refractivity contribution in [3.8, 4) is 0 Å². The van der Waals surface area contributed by atoms with Crippen LogP contribution in [0.3, 0.4) is 0 Å². The number of aliphatic hydroxyl groups is 1. The van der Waals surface area contributed by atoms with E-state index < -0.39 is 24.1 Å². The number of benzene rings is 1. The number of carboxylic acid groups (broad SMARTS) is 1. The zero-order valence-electron chi connectivity index (χ0n) is 11.3. The number of halogens is 1. The highest BCUT2D eigenvalue weighted by Gasteiger charge is 2.38. The first kappa shape index (κ1) is 15.6. The van der Waals surface area contributed by atoms with Crippen molar-refractivity contribution in [2.24, 2.45) is 0 Å². The molecule has 6 nitrogen and oxygen atoms in total. The molecule has 1 saturated heterocycles. The topological polar surface area (TPSA) is 89.9 Å². The molecule has 3 N–H and O–H groups in total. The molecule has 1 aliphatic heterocycles. The van der Waals surface area contributed by atoms with E-state index in [9.17, 15) is 14.7 Å². The number of aliphatic hydroxyl groups excluding tert-OH is 1. The molecule has 0 radical (unpaired) electrons. The van der Waals surface area contributed by atoms with Gasteiger partial charge in [0.2, 0.25) is 0 Å². The second-order valence-electron chi connectivity index (χ2n) is 5.00. The fourth-order valence-electron chi connectivity index (χ4n) is 2.34. The molecule has 1 fully saturated rings. The number of β-amino-alcohol motifs (C(OH)–C–C–N with tert-alkyl or cyclic N) is 1. The van der Waals surface area contributed by atoms with Crippen LogP contribution in [0.15, 0.2) is 24.3 Å². The summed E-state index contributed by atoms with van der Waals surface area (Å²) in [4.78, 5) is 24.2. The maximum atomic E-state index is 12.0. The van der Waals surface area contributed by atoms with Gasteiger partial charge in [0.15, 0.2) is 0 Å². The second-order valence-corrected chi connectivity index (χ2v) is 5.44. The van der Waals surface area contributed by atoms with Crippen molar-refractivity contribution < 1.29 is 19.8 Å². The van der Waals surface area contributed by atoms with Gasteiger partial charge in [-0.15, -0.1) is 0 Å². The maximum Gasteiger partial charge on any atom is 0.326 e. The molecule has 0 saturated carbocycles. The molecule has 114 valence electrons. The van der Waals surface area contributed by atoms with E-state index >= 15 is 0 Å². The lowest BCUT2D eigenvalue weighted by molar-refractivity contribution is -0.141. The van der Waals surface area contributed by atoms with Crippen LogP contribution in [0.2, 0.25) is 5.02 Å². The summed E-state index contributed by atoms with van der Waals surface area (Å²) in [5, 5.41) is 21.9. The second kappa shape index (κ2) is 6.78. The number of carboxylic acids is 1. The third-order valence-electron chi connectivity index (χ3n) is 3.43. The van der Waals surface area contributed by atoms with Gasteiger partial charge in [0.25, 0.3) is 0 Å². The molecule has 21 heavy (non-hydrogen) atoms. The van der Waals surface area contributed by atoms with E-state index in [1.165, 1.54) is 0 Å². The van der Waals surface area contributed by atoms with Gasteiger partial charge >= 0.3 is 12.0 Å². The minimum atomic E-state index is -1.10. The van der Waals surface area contributed by atoms with Crippen LogP contribution in [0.1, 0.15) is 12.0 Å². The summed E-state index contributed by atoms with van der Waals surface area (Å²) < 4.78 is 0. The van der Waals surface area contributed by atoms with Crippen LogP contribution >= 0.6 is 11.6 Å². The van der Waals surface area contributed by atoms with Gasteiger partial charge in [-0.1, -0.05) is 23.7 Å². The van der Waals surface area contributed by atoms with Crippen LogP contribution in [0.5, 0.6) is 0 Å². The molecular formula is C14H17ClN2O4. The predicted octanol–water partition coefficient (Wildman–Crippen LogP) is 1.11. The maximum absolute atomic E-state index is 12.0. The Labute approximate surface area is 127 Å². The third-order valence-corrected chi connectivity index (χ3v) is 3.68. The summed E-state index contributed by atoms with van der Waals surface area (Å²) in [6.45, 7) is 0.434. The lowest BCUT2D eigenvalue weighted by Crippen LogP contribution is -2.46. The molecule has 2 amide bonds. The fourth-order valence-corrected chi connectivity index (χ4v) is 2.46. The molecule has 0 bridgehead atoms. The van der Waals surface area contributed by atoms with Gasteiger partial charge in [0.1, 0.15) is 6.04 Å². The molecule has 1 heterocycles. The molecule has 1 aliphatic rings. The number of nitrogens with one attached hydrogen (secondary N) is 1. The minimum Gasteiger partial charge on any atom is -0.480 e. The highest BCUT2D eigenvalue weighted by molar-refractivity contribution is 6.30. The molecule has 0 unspecified atom stereocenters. The van der Waals surface area contributed by atoms with E-state index in [2.05, 4.69) is 5.32 Å². The number of likely N-dealkylation sites (tertiary alicyclic amines) is 1. The number of urea groups is 1. The Balaban J connectivity index is 1.84. The molecule has 1 aromatic carbocycles. The van der Waals surface area contributed by atoms with Gasteiger partial charge in [-0.2, -0.15) is 0 Å². The van der Waals surface area contributed by atoms with Gasteiger partial charge < -0.3 is 20.4 Å². The summed E-state index contributed by atoms with van der Waals surface area (Å²) in [7, 11) is 0. The van der Waals surface area contributed by atoms with Crippen molar-refractivity contribution in [1.29, 1.82) is 0 Å². The largest absolute Gasteiger partial charge is 0.480 e. The predicted molar refractivity (Wildman–Crippen MR) is 77.3 cm³/mol. The summed E-state index contributed by atoms with van der Waals surface area (Å²) in [5.41, 5.74) is 1.02. The average Bonchev–Trinajstić information content (AvgIpc) is 2.83. The summed E-state index contributed by atoms with van der Waals surface area (Å²) >= 11 is 5.79. The minimum absolute atomic E-state index is 0.0454. The number of amides is 2. The van der Waals surface area contributed by atoms with E-state index in [0.29, 0.717) is 18.0 Å². The van der Waals surface area contributed by atoms with Crippen LogP contribution in [0, 0.1) is 0 Å². The number of aliphatic carboxylic acids is 1. The van der Waals surface area contributed by atoms with Crippen LogP contribution in [-0.4, -0.2) is 52.3 Å². The van der Waals surface area contributed by atoms with Crippen molar-refractivity contribution in [2.45, 2.75) is 25.0 Å². The molecule has 2 atom stereocenters. The lowest BCUT2D eigenvalue weighted by atomic mass is 10.1. The van der Waals surface area contributed by atoms with Gasteiger partial charge in [-0.3, -0.25) is 0 Å². The normalized spacial score (nSPS) is 21.3. The SMILES string of the molecule is O=C(O)[C@@H]1C[C@@H](O)CN1C(=O)NCCc1ccc(Cl)cc1. The number of hydrogen-bond acceptors (Lipinski definition) is 3. The number of rotatable bonds is 4. The Bertz CT molecular complexity index is 520. The molecule has 2 rings (SSSR count). The zero-order chi connectivity index (χ0) is 15.4. The van der Waals surface area contributed by atoms with Gasteiger partial charge in [0, 0.05) is 24.5 Å². The zero-order valence-corrected chi connectivity index (χ0v) is 12.1. The highest BCUT2D eigenvalue weighted by atomic mass is 35.5. The first-order chi connectivity index (χ1) is 9.97. The molecule has 0 aliphatic carbocycles.